The molecule has 0 aliphatic carbocycles. The molecule has 1 aromatic rings. The number of pyridine rings is 1. The number of methoxy groups -OCH3 is 1. The fourth-order valence-electron chi connectivity index (χ4n) is 0.990. The van der Waals surface area contributed by atoms with Crippen molar-refractivity contribution in [2.45, 2.75) is 6.92 Å². The van der Waals surface area contributed by atoms with E-state index in [-0.39, 0.29) is 5.12 Å². The first-order chi connectivity index (χ1) is 7.63. The lowest BCUT2D eigenvalue weighted by molar-refractivity contribution is -0.109. The number of hydrogen-bond donors (Lipinski definition) is 1. The van der Waals surface area contributed by atoms with Crippen molar-refractivity contribution in [3.05, 3.63) is 17.8 Å². The van der Waals surface area contributed by atoms with Crippen LogP contribution in [0.1, 0.15) is 12.5 Å². The van der Waals surface area contributed by atoms with Crippen LogP contribution in [0, 0.1) is 11.8 Å². The van der Waals surface area contributed by atoms with E-state index in [0.29, 0.717) is 22.9 Å². The van der Waals surface area contributed by atoms with Gasteiger partial charge in [0, 0.05) is 6.92 Å². The van der Waals surface area contributed by atoms with Crippen molar-refractivity contribution in [3.8, 4) is 17.7 Å². The number of rotatable bonds is 2. The second-order valence-corrected chi connectivity index (χ2v) is 4.06. The van der Waals surface area contributed by atoms with Crippen LogP contribution in [0.5, 0.6) is 5.88 Å². The van der Waals surface area contributed by atoms with E-state index >= 15 is 0 Å². The van der Waals surface area contributed by atoms with Gasteiger partial charge in [0.1, 0.15) is 0 Å². The number of nitrogens with two attached hydrogens (primary N) is 1. The van der Waals surface area contributed by atoms with Gasteiger partial charge in [0.2, 0.25) is 5.88 Å². The molecule has 0 unspecified atom stereocenters. The molecule has 5 heteroatoms. The summed E-state index contributed by atoms with van der Waals surface area (Å²) in [4.78, 5) is 14.7. The van der Waals surface area contributed by atoms with Gasteiger partial charge in [-0.3, -0.25) is 4.79 Å². The van der Waals surface area contributed by atoms with Gasteiger partial charge in [-0.15, -0.1) is 0 Å². The van der Waals surface area contributed by atoms with E-state index in [1.54, 1.807) is 6.07 Å². The molecule has 16 heavy (non-hydrogen) atoms. The second kappa shape index (κ2) is 6.03. The predicted octanol–water partition coefficient (Wildman–Crippen LogP) is 1.30. The Labute approximate surface area is 98.6 Å². The highest BCUT2D eigenvalue weighted by Crippen LogP contribution is 2.15. The average molecular weight is 236 g/mol. The monoisotopic (exact) mass is 236 g/mol. The van der Waals surface area contributed by atoms with Gasteiger partial charge in [-0.05, 0) is 6.07 Å². The van der Waals surface area contributed by atoms with Crippen molar-refractivity contribution in [2.75, 3.05) is 18.6 Å². The summed E-state index contributed by atoms with van der Waals surface area (Å²) in [5, 5.41) is 0.0481. The zero-order chi connectivity index (χ0) is 12.0. The Bertz CT molecular complexity index is 449. The molecular formula is C11H12N2O2S. The maximum absolute atomic E-state index is 10.7. The number of aromatic nitrogens is 1. The van der Waals surface area contributed by atoms with Crippen LogP contribution in [0.25, 0.3) is 0 Å². The first-order valence-electron chi connectivity index (χ1n) is 4.55. The Morgan fingerprint density at radius 2 is 2.44 bits per heavy atom. The fourth-order valence-corrected chi connectivity index (χ4v) is 1.34. The Morgan fingerprint density at radius 3 is 3.06 bits per heavy atom. The lowest BCUT2D eigenvalue weighted by Gasteiger charge is -2.01. The second-order valence-electron chi connectivity index (χ2n) is 2.91. The van der Waals surface area contributed by atoms with E-state index in [9.17, 15) is 4.79 Å². The van der Waals surface area contributed by atoms with Crippen LogP contribution in [0.15, 0.2) is 12.3 Å². The summed E-state index contributed by atoms with van der Waals surface area (Å²) in [5.74, 6) is 6.61. The van der Waals surface area contributed by atoms with Crippen LogP contribution < -0.4 is 10.5 Å². The molecule has 0 amide bonds. The lowest BCUT2D eigenvalue weighted by Crippen LogP contribution is -1.94. The number of thioether (sulfide) groups is 1. The maximum atomic E-state index is 10.7. The molecule has 0 saturated carbocycles. The number of nitrogen functional groups attached to an aromatic ring is 1. The van der Waals surface area contributed by atoms with Crippen molar-refractivity contribution in [3.63, 3.8) is 0 Å². The van der Waals surface area contributed by atoms with E-state index in [1.165, 1.54) is 20.2 Å². The molecule has 0 aliphatic rings. The highest BCUT2D eigenvalue weighted by atomic mass is 32.2. The van der Waals surface area contributed by atoms with Crippen LogP contribution in [-0.2, 0) is 4.79 Å². The van der Waals surface area contributed by atoms with E-state index < -0.39 is 0 Å². The van der Waals surface area contributed by atoms with Crippen LogP contribution in [-0.4, -0.2) is 23.0 Å². The van der Waals surface area contributed by atoms with Gasteiger partial charge < -0.3 is 10.5 Å². The SMILES string of the molecule is COc1ncc(N)cc1C#CCSC(C)=O. The molecule has 0 saturated heterocycles. The highest BCUT2D eigenvalue weighted by molar-refractivity contribution is 8.13. The van der Waals surface area contributed by atoms with Crippen molar-refractivity contribution in [2.24, 2.45) is 0 Å². The quantitative estimate of drug-likeness (QED) is 0.784. The Hall–Kier alpha value is -1.67. The van der Waals surface area contributed by atoms with Crippen LogP contribution in [0.3, 0.4) is 0 Å². The minimum atomic E-state index is 0.0481. The normalized spacial score (nSPS) is 9.12. The van der Waals surface area contributed by atoms with Gasteiger partial charge >= 0.3 is 0 Å². The van der Waals surface area contributed by atoms with E-state index in [2.05, 4.69) is 16.8 Å². The zero-order valence-corrected chi connectivity index (χ0v) is 9.93. The fraction of sp³-hybridized carbons (Fsp3) is 0.273. The Morgan fingerprint density at radius 1 is 1.69 bits per heavy atom. The minimum absolute atomic E-state index is 0.0481. The molecule has 1 heterocycles. The third-order valence-corrected chi connectivity index (χ3v) is 2.33. The summed E-state index contributed by atoms with van der Waals surface area (Å²) >= 11 is 1.16. The number of ether oxygens (including phenoxy) is 1. The van der Waals surface area contributed by atoms with Crippen LogP contribution in [0.2, 0.25) is 0 Å². The van der Waals surface area contributed by atoms with Crippen molar-refractivity contribution < 1.29 is 9.53 Å². The van der Waals surface area contributed by atoms with Gasteiger partial charge in [-0.2, -0.15) is 0 Å². The molecule has 0 aromatic carbocycles. The van der Waals surface area contributed by atoms with E-state index in [0.717, 1.165) is 11.8 Å². The van der Waals surface area contributed by atoms with Gasteiger partial charge in [0.05, 0.1) is 30.3 Å². The predicted molar refractivity (Wildman–Crippen MR) is 65.2 cm³/mol. The van der Waals surface area contributed by atoms with Crippen molar-refractivity contribution in [1.82, 2.24) is 4.98 Å². The molecule has 2 N–H and O–H groups in total. The molecule has 0 fully saturated rings. The molecule has 4 nitrogen and oxygen atoms in total. The number of carbonyl (C=O) groups excluding carboxylic acids is 1. The standard InChI is InChI=1S/C11H12N2O2S/c1-8(14)16-5-3-4-9-6-10(12)7-13-11(9)15-2/h6-7H,5,12H2,1-2H3. The number of nitrogens with zero attached hydrogens (tertiary/aromatic N) is 1. The number of carbonyl (C=O) groups is 1. The molecule has 0 atom stereocenters. The van der Waals surface area contributed by atoms with Gasteiger partial charge in [-0.1, -0.05) is 23.6 Å². The molecule has 1 aromatic heterocycles. The summed E-state index contributed by atoms with van der Waals surface area (Å²) in [6.07, 6.45) is 1.51. The van der Waals surface area contributed by atoms with Crippen molar-refractivity contribution in [1.29, 1.82) is 0 Å². The summed E-state index contributed by atoms with van der Waals surface area (Å²) in [6.45, 7) is 1.51. The molecular weight excluding hydrogens is 224 g/mol. The third-order valence-electron chi connectivity index (χ3n) is 1.64. The number of hydrogen-bond acceptors (Lipinski definition) is 5. The van der Waals surface area contributed by atoms with Gasteiger partial charge in [-0.25, -0.2) is 4.98 Å². The summed E-state index contributed by atoms with van der Waals surface area (Å²) in [6, 6.07) is 1.69. The lowest BCUT2D eigenvalue weighted by atomic mass is 10.2. The molecule has 84 valence electrons. The third kappa shape index (κ3) is 3.83. The molecule has 0 aliphatic heterocycles. The molecule has 0 radical (unpaired) electrons. The van der Waals surface area contributed by atoms with Crippen LogP contribution in [0.4, 0.5) is 5.69 Å². The smallest absolute Gasteiger partial charge is 0.229 e. The molecule has 0 spiro atoms. The Kier molecular flexibility index (Phi) is 4.67. The van der Waals surface area contributed by atoms with Gasteiger partial charge in [0.25, 0.3) is 0 Å². The first kappa shape index (κ1) is 12.4. The van der Waals surface area contributed by atoms with Gasteiger partial charge in [0.15, 0.2) is 5.12 Å². The maximum Gasteiger partial charge on any atom is 0.229 e. The Balaban J connectivity index is 2.78. The summed E-state index contributed by atoms with van der Waals surface area (Å²) < 4.78 is 5.04. The largest absolute Gasteiger partial charge is 0.480 e. The molecule has 0 bridgehead atoms. The number of anilines is 1. The zero-order valence-electron chi connectivity index (χ0n) is 9.11. The van der Waals surface area contributed by atoms with E-state index in [4.69, 9.17) is 10.5 Å². The van der Waals surface area contributed by atoms with E-state index in [1.807, 2.05) is 0 Å². The summed E-state index contributed by atoms with van der Waals surface area (Å²) in [7, 11) is 1.52. The molecule has 1 rings (SSSR count). The summed E-state index contributed by atoms with van der Waals surface area (Å²) in [5.41, 5.74) is 6.75. The highest BCUT2D eigenvalue weighted by Gasteiger charge is 2.01. The topological polar surface area (TPSA) is 65.2 Å². The first-order valence-corrected chi connectivity index (χ1v) is 5.53. The average Bonchev–Trinajstić information content (AvgIpc) is 2.24. The van der Waals surface area contributed by atoms with Crippen molar-refractivity contribution >= 4 is 22.6 Å². The minimum Gasteiger partial charge on any atom is -0.480 e. The van der Waals surface area contributed by atoms with Crippen LogP contribution >= 0.6 is 11.8 Å².